The van der Waals surface area contributed by atoms with Crippen LogP contribution in [0.5, 0.6) is 0 Å². The summed E-state index contributed by atoms with van der Waals surface area (Å²) in [6.45, 7) is 6.21. The molecule has 0 radical (unpaired) electrons. The molecule has 1 aliphatic rings. The Balaban J connectivity index is 2.07. The molecule has 0 saturated heterocycles. The molecule has 0 aromatic heterocycles. The number of aliphatic hydroxyl groups is 1. The zero-order chi connectivity index (χ0) is 14.8. The van der Waals surface area contributed by atoms with Gasteiger partial charge in [0.2, 0.25) is 0 Å². The maximum Gasteiger partial charge on any atom is 0.316 e. The van der Waals surface area contributed by atoms with Gasteiger partial charge in [-0.3, -0.25) is 4.79 Å². The van der Waals surface area contributed by atoms with Crippen molar-refractivity contribution in [3.8, 4) is 0 Å². The van der Waals surface area contributed by atoms with Gasteiger partial charge in [0.05, 0.1) is 12.0 Å². The molecule has 1 aromatic rings. The second kappa shape index (κ2) is 5.41. The summed E-state index contributed by atoms with van der Waals surface area (Å²) in [6.07, 6.45) is 2.64. The average molecular weight is 274 g/mol. The molecular weight excluding hydrogens is 252 g/mol. The van der Waals surface area contributed by atoms with Gasteiger partial charge < -0.3 is 9.84 Å². The van der Waals surface area contributed by atoms with E-state index in [0.29, 0.717) is 6.61 Å². The third-order valence-electron chi connectivity index (χ3n) is 4.12. The Bertz CT molecular complexity index is 516. The molecular formula is C17H22O3. The minimum atomic E-state index is -0.575. The summed E-state index contributed by atoms with van der Waals surface area (Å²) in [5, 5.41) is 9.17. The molecule has 0 spiro atoms. The molecule has 1 aromatic carbocycles. The van der Waals surface area contributed by atoms with Gasteiger partial charge in [-0.25, -0.2) is 0 Å². The lowest BCUT2D eigenvalue weighted by Gasteiger charge is -2.16. The Morgan fingerprint density at radius 3 is 2.45 bits per heavy atom. The van der Waals surface area contributed by atoms with Gasteiger partial charge in [0, 0.05) is 0 Å². The van der Waals surface area contributed by atoms with E-state index < -0.39 is 5.41 Å². The van der Waals surface area contributed by atoms with Crippen molar-refractivity contribution in [2.24, 2.45) is 10.8 Å². The zero-order valence-electron chi connectivity index (χ0n) is 12.3. The maximum atomic E-state index is 12.4. The van der Waals surface area contributed by atoms with Gasteiger partial charge in [0.15, 0.2) is 0 Å². The van der Waals surface area contributed by atoms with E-state index in [9.17, 15) is 4.79 Å². The van der Waals surface area contributed by atoms with Crippen molar-refractivity contribution < 1.29 is 14.6 Å². The number of ether oxygens (including phenoxy) is 1. The minimum absolute atomic E-state index is 0.0240. The average Bonchev–Trinajstić information content (AvgIpc) is 2.99. The lowest BCUT2D eigenvalue weighted by atomic mass is 9.93. The van der Waals surface area contributed by atoms with E-state index in [1.54, 1.807) is 0 Å². The van der Waals surface area contributed by atoms with Crippen molar-refractivity contribution in [3.05, 3.63) is 47.5 Å². The van der Waals surface area contributed by atoms with Crippen molar-refractivity contribution in [1.29, 1.82) is 0 Å². The molecule has 1 unspecified atom stereocenters. The van der Waals surface area contributed by atoms with Crippen LogP contribution in [0.1, 0.15) is 32.8 Å². The molecule has 0 amide bonds. The number of esters is 1. The highest BCUT2D eigenvalue weighted by Gasteiger charge is 2.66. The summed E-state index contributed by atoms with van der Waals surface area (Å²) in [4.78, 5) is 12.4. The van der Waals surface area contributed by atoms with E-state index in [1.165, 1.54) is 0 Å². The third-order valence-corrected chi connectivity index (χ3v) is 4.12. The highest BCUT2D eigenvalue weighted by molar-refractivity contribution is 5.84. The van der Waals surface area contributed by atoms with E-state index in [0.717, 1.165) is 17.6 Å². The van der Waals surface area contributed by atoms with E-state index in [1.807, 2.05) is 43.3 Å². The van der Waals surface area contributed by atoms with Crippen molar-refractivity contribution in [2.45, 2.75) is 33.8 Å². The normalized spacial score (nSPS) is 24.3. The largest absolute Gasteiger partial charge is 0.460 e. The van der Waals surface area contributed by atoms with Crippen molar-refractivity contribution in [2.75, 3.05) is 6.61 Å². The van der Waals surface area contributed by atoms with Gasteiger partial charge in [0.1, 0.15) is 6.61 Å². The molecule has 1 atom stereocenters. The van der Waals surface area contributed by atoms with Crippen LogP contribution in [0, 0.1) is 10.8 Å². The number of carbonyl (C=O) groups is 1. The first-order valence-electron chi connectivity index (χ1n) is 6.92. The van der Waals surface area contributed by atoms with Crippen LogP contribution >= 0.6 is 0 Å². The summed E-state index contributed by atoms with van der Waals surface area (Å²) in [5.74, 6) is -0.195. The number of benzene rings is 1. The Morgan fingerprint density at radius 2 is 1.95 bits per heavy atom. The smallest absolute Gasteiger partial charge is 0.316 e. The molecule has 1 aliphatic carbocycles. The van der Waals surface area contributed by atoms with Crippen LogP contribution in [0.15, 0.2) is 42.0 Å². The predicted octanol–water partition coefficient (Wildman–Crippen LogP) is 3.08. The number of hydrogen-bond acceptors (Lipinski definition) is 3. The third kappa shape index (κ3) is 2.78. The van der Waals surface area contributed by atoms with Crippen LogP contribution < -0.4 is 0 Å². The lowest BCUT2D eigenvalue weighted by Crippen LogP contribution is -2.22. The van der Waals surface area contributed by atoms with Crippen LogP contribution in [-0.2, 0) is 16.1 Å². The first-order chi connectivity index (χ1) is 9.41. The van der Waals surface area contributed by atoms with Gasteiger partial charge >= 0.3 is 5.97 Å². The van der Waals surface area contributed by atoms with E-state index in [4.69, 9.17) is 9.84 Å². The molecule has 3 heteroatoms. The molecule has 2 rings (SSSR count). The number of aliphatic hydroxyl groups excluding tert-OH is 1. The first kappa shape index (κ1) is 14.8. The molecule has 0 heterocycles. The highest BCUT2D eigenvalue weighted by Crippen LogP contribution is 2.65. The molecule has 1 fully saturated rings. The molecule has 108 valence electrons. The fraction of sp³-hybridized carbons (Fsp3) is 0.471. The van der Waals surface area contributed by atoms with Gasteiger partial charge in [-0.15, -0.1) is 0 Å². The van der Waals surface area contributed by atoms with Crippen molar-refractivity contribution >= 4 is 5.97 Å². The number of carbonyl (C=O) groups excluding carboxylic acids is 1. The van der Waals surface area contributed by atoms with Crippen molar-refractivity contribution in [1.82, 2.24) is 0 Å². The lowest BCUT2D eigenvalue weighted by molar-refractivity contribution is -0.150. The maximum absolute atomic E-state index is 12.4. The Morgan fingerprint density at radius 1 is 1.35 bits per heavy atom. The molecule has 0 bridgehead atoms. The van der Waals surface area contributed by atoms with Crippen molar-refractivity contribution in [3.63, 3.8) is 0 Å². The van der Waals surface area contributed by atoms with Gasteiger partial charge in [0.25, 0.3) is 0 Å². The van der Waals surface area contributed by atoms with Gasteiger partial charge in [-0.05, 0) is 24.3 Å². The molecule has 0 aliphatic heterocycles. The summed E-state index contributed by atoms with van der Waals surface area (Å²) in [7, 11) is 0. The summed E-state index contributed by atoms with van der Waals surface area (Å²) in [5.41, 5.74) is 1.12. The monoisotopic (exact) mass is 274 g/mol. The van der Waals surface area contributed by atoms with Gasteiger partial charge in [-0.1, -0.05) is 55.8 Å². The topological polar surface area (TPSA) is 46.5 Å². The standard InChI is InChI=1S/C17H22O3/c1-13(10-18)9-17(12-16(17,2)3)15(19)20-11-14-7-5-4-6-8-14/h4-9,18H,10-12H2,1-3H3. The Hall–Kier alpha value is -1.61. The number of rotatable bonds is 5. The van der Waals surface area contributed by atoms with Gasteiger partial charge in [-0.2, -0.15) is 0 Å². The van der Waals surface area contributed by atoms with Crippen LogP contribution in [0.25, 0.3) is 0 Å². The Kier molecular flexibility index (Phi) is 4.00. The first-order valence-corrected chi connectivity index (χ1v) is 6.92. The summed E-state index contributed by atoms with van der Waals surface area (Å²) in [6, 6.07) is 9.66. The summed E-state index contributed by atoms with van der Waals surface area (Å²) < 4.78 is 5.47. The Labute approximate surface area is 120 Å². The van der Waals surface area contributed by atoms with E-state index in [2.05, 4.69) is 13.8 Å². The molecule has 3 nitrogen and oxygen atoms in total. The summed E-state index contributed by atoms with van der Waals surface area (Å²) >= 11 is 0. The minimum Gasteiger partial charge on any atom is -0.460 e. The predicted molar refractivity (Wildman–Crippen MR) is 77.9 cm³/mol. The van der Waals surface area contributed by atoms with Crippen LogP contribution in [0.4, 0.5) is 0 Å². The molecule has 20 heavy (non-hydrogen) atoms. The fourth-order valence-electron chi connectivity index (χ4n) is 2.62. The van der Waals surface area contributed by atoms with Crippen LogP contribution in [-0.4, -0.2) is 17.7 Å². The van der Waals surface area contributed by atoms with E-state index >= 15 is 0 Å². The van der Waals surface area contributed by atoms with E-state index in [-0.39, 0.29) is 18.0 Å². The highest BCUT2D eigenvalue weighted by atomic mass is 16.5. The molecule has 1 N–H and O–H groups in total. The van der Waals surface area contributed by atoms with Crippen LogP contribution in [0.2, 0.25) is 0 Å². The quantitative estimate of drug-likeness (QED) is 0.663. The second-order valence-corrected chi connectivity index (χ2v) is 6.24. The van der Waals surface area contributed by atoms with Crippen LogP contribution in [0.3, 0.4) is 0 Å². The number of hydrogen-bond donors (Lipinski definition) is 1. The SMILES string of the molecule is CC(=CC1(C(=O)OCc2ccccc2)CC1(C)C)CO. The second-order valence-electron chi connectivity index (χ2n) is 6.24. The zero-order valence-corrected chi connectivity index (χ0v) is 12.3. The fourth-order valence-corrected chi connectivity index (χ4v) is 2.62. The molecule has 1 saturated carbocycles.